The van der Waals surface area contributed by atoms with Crippen molar-refractivity contribution >= 4 is 50.5 Å². The van der Waals surface area contributed by atoms with Crippen molar-refractivity contribution in [3.05, 3.63) is 88.8 Å². The molecule has 0 fully saturated rings. The van der Waals surface area contributed by atoms with Crippen molar-refractivity contribution in [2.45, 2.75) is 0 Å². The Hall–Kier alpha value is -3.35. The summed E-state index contributed by atoms with van der Waals surface area (Å²) >= 11 is 7.62. The molecule has 3 aromatic carbocycles. The van der Waals surface area contributed by atoms with Crippen molar-refractivity contribution in [3.63, 3.8) is 0 Å². The fourth-order valence-corrected chi connectivity index (χ4v) is 4.30. The number of para-hydroxylation sites is 3. The summed E-state index contributed by atoms with van der Waals surface area (Å²) in [5.41, 5.74) is 0.514. The van der Waals surface area contributed by atoms with E-state index in [1.54, 1.807) is 18.2 Å². The normalized spacial score (nSPS) is 10.6. The highest BCUT2D eigenvalue weighted by Crippen LogP contribution is 2.35. The third-order valence-corrected chi connectivity index (χ3v) is 5.96. The van der Waals surface area contributed by atoms with Crippen LogP contribution in [0.25, 0.3) is 10.1 Å². The molecule has 30 heavy (non-hydrogen) atoms. The number of carbonyl (C=O) groups excluding carboxylic acids is 2. The molecule has 0 radical (unpaired) electrons. The van der Waals surface area contributed by atoms with Crippen molar-refractivity contribution in [1.82, 2.24) is 5.32 Å². The van der Waals surface area contributed by atoms with Gasteiger partial charge < -0.3 is 15.4 Å². The molecule has 0 aliphatic rings. The minimum absolute atomic E-state index is 0.191. The van der Waals surface area contributed by atoms with Crippen LogP contribution in [0.4, 0.5) is 5.69 Å². The predicted octanol–water partition coefficient (Wildman–Crippen LogP) is 5.72. The molecule has 0 saturated heterocycles. The van der Waals surface area contributed by atoms with Crippen LogP contribution < -0.4 is 15.4 Å². The standard InChI is InChI=1S/C23H17ClN2O3S/c24-21-16-10-4-7-13-19(16)30-22(21)23(28)25-14-20(27)26-17-11-5-6-12-18(17)29-15-8-2-1-3-9-15/h1-13H,14H2,(H,25,28)(H,26,27). The van der Waals surface area contributed by atoms with Crippen molar-refractivity contribution < 1.29 is 14.3 Å². The molecule has 1 heterocycles. The van der Waals surface area contributed by atoms with Crippen LogP contribution in [-0.2, 0) is 4.79 Å². The Labute approximate surface area is 182 Å². The van der Waals surface area contributed by atoms with Gasteiger partial charge in [0.2, 0.25) is 5.91 Å². The van der Waals surface area contributed by atoms with Gasteiger partial charge in [0, 0.05) is 10.1 Å². The minimum atomic E-state index is -0.384. The topological polar surface area (TPSA) is 67.4 Å². The van der Waals surface area contributed by atoms with Gasteiger partial charge in [0.15, 0.2) is 5.75 Å². The third-order valence-electron chi connectivity index (χ3n) is 4.28. The van der Waals surface area contributed by atoms with E-state index in [1.807, 2.05) is 60.7 Å². The Bertz CT molecular complexity index is 1210. The van der Waals surface area contributed by atoms with E-state index < -0.39 is 0 Å². The zero-order valence-corrected chi connectivity index (χ0v) is 17.3. The smallest absolute Gasteiger partial charge is 0.263 e. The van der Waals surface area contributed by atoms with Gasteiger partial charge in [0.1, 0.15) is 10.6 Å². The number of ether oxygens (including phenoxy) is 1. The van der Waals surface area contributed by atoms with Crippen LogP contribution in [-0.4, -0.2) is 18.4 Å². The van der Waals surface area contributed by atoms with Crippen LogP contribution in [0.5, 0.6) is 11.5 Å². The molecule has 0 aliphatic heterocycles. The number of hydrogen-bond donors (Lipinski definition) is 2. The lowest BCUT2D eigenvalue weighted by Crippen LogP contribution is -2.32. The second-order valence-corrected chi connectivity index (χ2v) is 7.81. The van der Waals surface area contributed by atoms with Gasteiger partial charge in [-0.2, -0.15) is 0 Å². The Morgan fingerprint density at radius 2 is 1.60 bits per heavy atom. The molecule has 0 bridgehead atoms. The largest absolute Gasteiger partial charge is 0.455 e. The second-order valence-electron chi connectivity index (χ2n) is 6.38. The number of anilines is 1. The first-order valence-electron chi connectivity index (χ1n) is 9.19. The van der Waals surface area contributed by atoms with Crippen molar-refractivity contribution in [1.29, 1.82) is 0 Å². The van der Waals surface area contributed by atoms with E-state index in [2.05, 4.69) is 10.6 Å². The molecule has 7 heteroatoms. The molecule has 1 aromatic heterocycles. The highest BCUT2D eigenvalue weighted by Gasteiger charge is 2.18. The van der Waals surface area contributed by atoms with Gasteiger partial charge in [0.05, 0.1) is 17.3 Å². The van der Waals surface area contributed by atoms with E-state index in [-0.39, 0.29) is 18.4 Å². The van der Waals surface area contributed by atoms with E-state index in [4.69, 9.17) is 16.3 Å². The summed E-state index contributed by atoms with van der Waals surface area (Å²) in [6.45, 7) is -0.191. The summed E-state index contributed by atoms with van der Waals surface area (Å²) in [4.78, 5) is 25.3. The monoisotopic (exact) mass is 436 g/mol. The number of rotatable bonds is 6. The summed E-state index contributed by atoms with van der Waals surface area (Å²) in [6, 6.07) is 23.9. The van der Waals surface area contributed by atoms with Crippen molar-refractivity contribution in [2.24, 2.45) is 0 Å². The maximum atomic E-state index is 12.5. The summed E-state index contributed by atoms with van der Waals surface area (Å²) in [6.07, 6.45) is 0. The van der Waals surface area contributed by atoms with Gasteiger partial charge >= 0.3 is 0 Å². The number of nitrogens with one attached hydrogen (secondary N) is 2. The van der Waals surface area contributed by atoms with Crippen molar-refractivity contribution in [2.75, 3.05) is 11.9 Å². The Balaban J connectivity index is 1.40. The van der Waals surface area contributed by atoms with Crippen LogP contribution in [0.3, 0.4) is 0 Å². The fraction of sp³-hybridized carbons (Fsp3) is 0.0435. The highest BCUT2D eigenvalue weighted by molar-refractivity contribution is 7.21. The second kappa shape index (κ2) is 8.98. The molecule has 0 saturated carbocycles. The minimum Gasteiger partial charge on any atom is -0.455 e. The van der Waals surface area contributed by atoms with Gasteiger partial charge in [-0.25, -0.2) is 0 Å². The van der Waals surface area contributed by atoms with Gasteiger partial charge in [-0.3, -0.25) is 9.59 Å². The molecule has 0 spiro atoms. The molecule has 4 rings (SSSR count). The SMILES string of the molecule is O=C(CNC(=O)c1sc2ccccc2c1Cl)Nc1ccccc1Oc1ccccc1. The fourth-order valence-electron chi connectivity index (χ4n) is 2.87. The van der Waals surface area contributed by atoms with E-state index in [9.17, 15) is 9.59 Å². The molecule has 0 unspecified atom stereocenters. The molecule has 0 aliphatic carbocycles. The lowest BCUT2D eigenvalue weighted by Gasteiger charge is -2.12. The Kier molecular flexibility index (Phi) is 5.97. The molecule has 0 atom stereocenters. The first-order valence-corrected chi connectivity index (χ1v) is 10.4. The van der Waals surface area contributed by atoms with Crippen molar-refractivity contribution in [3.8, 4) is 11.5 Å². The number of amides is 2. The average Bonchev–Trinajstić information content (AvgIpc) is 3.11. The van der Waals surface area contributed by atoms with Gasteiger partial charge in [-0.1, -0.05) is 60.1 Å². The summed E-state index contributed by atoms with van der Waals surface area (Å²) in [7, 11) is 0. The van der Waals surface area contributed by atoms with Crippen LogP contribution >= 0.6 is 22.9 Å². The van der Waals surface area contributed by atoms with Crippen LogP contribution in [0, 0.1) is 0 Å². The van der Waals surface area contributed by atoms with Crippen LogP contribution in [0.1, 0.15) is 9.67 Å². The van der Waals surface area contributed by atoms with E-state index in [1.165, 1.54) is 11.3 Å². The number of thiophene rings is 1. The van der Waals surface area contributed by atoms with Gasteiger partial charge in [-0.15, -0.1) is 11.3 Å². The highest BCUT2D eigenvalue weighted by atomic mass is 35.5. The summed E-state index contributed by atoms with van der Waals surface area (Å²) in [5, 5.41) is 6.62. The van der Waals surface area contributed by atoms with E-state index >= 15 is 0 Å². The quantitative estimate of drug-likeness (QED) is 0.406. The number of fused-ring (bicyclic) bond motifs is 1. The third kappa shape index (κ3) is 4.45. The lowest BCUT2D eigenvalue weighted by molar-refractivity contribution is -0.115. The number of hydrogen-bond acceptors (Lipinski definition) is 4. The number of benzene rings is 3. The molecule has 5 nitrogen and oxygen atoms in total. The zero-order valence-electron chi connectivity index (χ0n) is 15.7. The predicted molar refractivity (Wildman–Crippen MR) is 121 cm³/mol. The van der Waals surface area contributed by atoms with E-state index in [0.29, 0.717) is 27.1 Å². The zero-order chi connectivity index (χ0) is 20.9. The molecule has 4 aromatic rings. The average molecular weight is 437 g/mol. The number of carbonyl (C=O) groups is 2. The van der Waals surface area contributed by atoms with Gasteiger partial charge in [0.25, 0.3) is 5.91 Å². The molecule has 150 valence electrons. The van der Waals surface area contributed by atoms with Crippen LogP contribution in [0.15, 0.2) is 78.9 Å². The van der Waals surface area contributed by atoms with Crippen LogP contribution in [0.2, 0.25) is 5.02 Å². The molecular formula is C23H17ClN2O3S. The Morgan fingerprint density at radius 1 is 0.900 bits per heavy atom. The summed E-state index contributed by atoms with van der Waals surface area (Å²) in [5.74, 6) is 0.415. The van der Waals surface area contributed by atoms with E-state index in [0.717, 1.165) is 10.1 Å². The first kappa shape index (κ1) is 19.9. The molecular weight excluding hydrogens is 420 g/mol. The maximum absolute atomic E-state index is 12.5. The van der Waals surface area contributed by atoms with Gasteiger partial charge in [-0.05, 0) is 30.3 Å². The first-order chi connectivity index (χ1) is 14.6. The lowest BCUT2D eigenvalue weighted by atomic mass is 10.2. The molecule has 2 amide bonds. The number of halogens is 1. The maximum Gasteiger partial charge on any atom is 0.263 e. The summed E-state index contributed by atoms with van der Waals surface area (Å²) < 4.78 is 6.76. The Morgan fingerprint density at radius 3 is 2.40 bits per heavy atom. The molecule has 2 N–H and O–H groups in total.